The first-order valence-corrected chi connectivity index (χ1v) is 7.48. The first-order valence-electron chi connectivity index (χ1n) is 7.48. The zero-order valence-corrected chi connectivity index (χ0v) is 12.2. The fourth-order valence-corrected chi connectivity index (χ4v) is 2.90. The first kappa shape index (κ1) is 14.5. The van der Waals surface area contributed by atoms with Gasteiger partial charge < -0.3 is 10.3 Å². The molecule has 0 saturated heterocycles. The molecule has 0 radical (unpaired) electrons. The van der Waals surface area contributed by atoms with Gasteiger partial charge >= 0.3 is 0 Å². The van der Waals surface area contributed by atoms with E-state index in [0.717, 1.165) is 12.8 Å². The summed E-state index contributed by atoms with van der Waals surface area (Å²) in [4.78, 5) is 14.8. The van der Waals surface area contributed by atoms with Crippen molar-refractivity contribution in [3.8, 4) is 0 Å². The van der Waals surface area contributed by atoms with Crippen molar-refractivity contribution in [1.29, 1.82) is 5.41 Å². The summed E-state index contributed by atoms with van der Waals surface area (Å²) < 4.78 is 13.0. The van der Waals surface area contributed by atoms with Gasteiger partial charge in [-0.25, -0.2) is 4.39 Å². The van der Waals surface area contributed by atoms with E-state index in [1.54, 1.807) is 12.3 Å². The van der Waals surface area contributed by atoms with Crippen molar-refractivity contribution in [2.75, 3.05) is 5.32 Å². The molecule has 22 heavy (non-hydrogen) atoms. The number of anilines is 1. The molecule has 4 nitrogen and oxygen atoms in total. The first-order chi connectivity index (χ1) is 10.6. The molecule has 0 unspecified atom stereocenters. The highest BCUT2D eigenvalue weighted by atomic mass is 19.1. The number of nitrogens with one attached hydrogen (secondary N) is 3. The molecule has 1 fully saturated rings. The van der Waals surface area contributed by atoms with Crippen molar-refractivity contribution >= 4 is 11.4 Å². The Kier molecular flexibility index (Phi) is 4.04. The molecule has 2 aromatic rings. The minimum Gasteiger partial charge on any atom is -0.382 e. The molecule has 114 valence electrons. The molecule has 1 aliphatic carbocycles. The van der Waals surface area contributed by atoms with E-state index >= 15 is 0 Å². The van der Waals surface area contributed by atoms with Crippen LogP contribution in [0.4, 0.5) is 10.1 Å². The number of aromatic amines is 1. The van der Waals surface area contributed by atoms with Gasteiger partial charge in [-0.15, -0.1) is 0 Å². The highest BCUT2D eigenvalue weighted by molar-refractivity contribution is 6.13. The fraction of sp³-hybridized carbons (Fsp3) is 0.294. The zero-order valence-electron chi connectivity index (χ0n) is 12.2. The van der Waals surface area contributed by atoms with Gasteiger partial charge in [0.05, 0.1) is 17.0 Å². The quantitative estimate of drug-likeness (QED) is 0.758. The van der Waals surface area contributed by atoms with Gasteiger partial charge in [0.15, 0.2) is 0 Å². The minimum absolute atomic E-state index is 0.0994. The van der Waals surface area contributed by atoms with Gasteiger partial charge in [0.25, 0.3) is 5.56 Å². The van der Waals surface area contributed by atoms with Crippen LogP contribution in [0, 0.1) is 11.2 Å². The highest BCUT2D eigenvalue weighted by Crippen LogP contribution is 2.24. The summed E-state index contributed by atoms with van der Waals surface area (Å²) in [6, 6.07) is 7.76. The molecule has 0 bridgehead atoms. The number of pyridine rings is 1. The maximum Gasteiger partial charge on any atom is 0.259 e. The molecule has 1 aromatic heterocycles. The average Bonchev–Trinajstić information content (AvgIpc) is 3.01. The Morgan fingerprint density at radius 3 is 2.55 bits per heavy atom. The Morgan fingerprint density at radius 1 is 1.18 bits per heavy atom. The summed E-state index contributed by atoms with van der Waals surface area (Å²) >= 11 is 0. The van der Waals surface area contributed by atoms with E-state index in [1.165, 1.54) is 37.1 Å². The van der Waals surface area contributed by atoms with Crippen molar-refractivity contribution in [3.05, 3.63) is 63.8 Å². The van der Waals surface area contributed by atoms with Crippen LogP contribution < -0.4 is 10.9 Å². The summed E-state index contributed by atoms with van der Waals surface area (Å²) in [5.74, 6) is -0.358. The van der Waals surface area contributed by atoms with E-state index in [0.29, 0.717) is 22.9 Å². The number of hydrogen-bond donors (Lipinski definition) is 3. The van der Waals surface area contributed by atoms with Crippen molar-refractivity contribution in [1.82, 2.24) is 4.98 Å². The van der Waals surface area contributed by atoms with Gasteiger partial charge in [-0.2, -0.15) is 0 Å². The van der Waals surface area contributed by atoms with E-state index < -0.39 is 0 Å². The predicted octanol–water partition coefficient (Wildman–Crippen LogP) is 3.28. The van der Waals surface area contributed by atoms with Gasteiger partial charge in [-0.05, 0) is 43.2 Å². The minimum atomic E-state index is -0.358. The standard InChI is InChI=1S/C17H18FN3O/c18-12-7-5-11(6-8-12)16(19)15-14(9-10-20-17(15)22)21-13-3-1-2-4-13/h5-10,13,19H,1-4H2,(H2,20,21,22). The Morgan fingerprint density at radius 2 is 1.86 bits per heavy atom. The van der Waals surface area contributed by atoms with E-state index in [4.69, 9.17) is 5.41 Å². The summed E-state index contributed by atoms with van der Waals surface area (Å²) in [5.41, 5.74) is 1.29. The summed E-state index contributed by atoms with van der Waals surface area (Å²) in [7, 11) is 0. The van der Waals surface area contributed by atoms with Gasteiger partial charge in [0.1, 0.15) is 5.82 Å². The molecular formula is C17H18FN3O. The number of benzene rings is 1. The van der Waals surface area contributed by atoms with Crippen LogP contribution in [-0.4, -0.2) is 16.7 Å². The van der Waals surface area contributed by atoms with Crippen LogP contribution in [0.1, 0.15) is 36.8 Å². The molecule has 1 aliphatic rings. The van der Waals surface area contributed by atoms with Gasteiger partial charge in [0, 0.05) is 17.8 Å². The van der Waals surface area contributed by atoms with E-state index in [2.05, 4.69) is 10.3 Å². The third-order valence-electron chi connectivity index (χ3n) is 4.06. The van der Waals surface area contributed by atoms with Crippen molar-refractivity contribution in [3.63, 3.8) is 0 Å². The molecule has 0 atom stereocenters. The van der Waals surface area contributed by atoms with E-state index in [1.807, 2.05) is 0 Å². The number of aromatic nitrogens is 1. The van der Waals surface area contributed by atoms with Crippen LogP contribution in [0.15, 0.2) is 41.3 Å². The molecule has 0 spiro atoms. The second-order valence-electron chi connectivity index (χ2n) is 5.60. The topological polar surface area (TPSA) is 68.7 Å². The van der Waals surface area contributed by atoms with Crippen molar-refractivity contribution in [2.45, 2.75) is 31.7 Å². The zero-order chi connectivity index (χ0) is 15.5. The second kappa shape index (κ2) is 6.13. The van der Waals surface area contributed by atoms with Gasteiger partial charge in [-0.1, -0.05) is 12.8 Å². The van der Waals surface area contributed by atoms with Crippen LogP contribution in [0.2, 0.25) is 0 Å². The lowest BCUT2D eigenvalue weighted by Gasteiger charge is -2.17. The van der Waals surface area contributed by atoms with Gasteiger partial charge in [-0.3, -0.25) is 10.2 Å². The molecule has 5 heteroatoms. The average molecular weight is 299 g/mol. The molecule has 3 rings (SSSR count). The molecule has 1 saturated carbocycles. The molecule has 1 heterocycles. The largest absolute Gasteiger partial charge is 0.382 e. The Hall–Kier alpha value is -2.43. The predicted molar refractivity (Wildman–Crippen MR) is 85.3 cm³/mol. The molecular weight excluding hydrogens is 281 g/mol. The number of rotatable bonds is 4. The Labute approximate surface area is 127 Å². The summed E-state index contributed by atoms with van der Waals surface area (Å²) in [6.07, 6.45) is 6.12. The van der Waals surface area contributed by atoms with Crippen LogP contribution in [0.5, 0.6) is 0 Å². The SMILES string of the molecule is N=C(c1ccc(F)cc1)c1c(NC2CCCC2)cc[nH]c1=O. The fourth-order valence-electron chi connectivity index (χ4n) is 2.90. The van der Waals surface area contributed by atoms with Crippen molar-refractivity contribution in [2.24, 2.45) is 0 Å². The maximum absolute atomic E-state index is 13.0. The Balaban J connectivity index is 1.96. The smallest absolute Gasteiger partial charge is 0.259 e. The van der Waals surface area contributed by atoms with Crippen LogP contribution in [0.3, 0.4) is 0 Å². The molecule has 1 aromatic carbocycles. The third-order valence-corrected chi connectivity index (χ3v) is 4.06. The van der Waals surface area contributed by atoms with Crippen LogP contribution >= 0.6 is 0 Å². The summed E-state index contributed by atoms with van der Waals surface area (Å²) in [6.45, 7) is 0. The van der Waals surface area contributed by atoms with Gasteiger partial charge in [0.2, 0.25) is 0 Å². The number of halogens is 1. The van der Waals surface area contributed by atoms with Crippen LogP contribution in [-0.2, 0) is 0 Å². The highest BCUT2D eigenvalue weighted by Gasteiger charge is 2.19. The van der Waals surface area contributed by atoms with Crippen molar-refractivity contribution < 1.29 is 4.39 Å². The molecule has 0 amide bonds. The lowest BCUT2D eigenvalue weighted by atomic mass is 10.0. The lowest BCUT2D eigenvalue weighted by molar-refractivity contribution is 0.628. The third kappa shape index (κ3) is 2.93. The second-order valence-corrected chi connectivity index (χ2v) is 5.60. The van der Waals surface area contributed by atoms with E-state index in [9.17, 15) is 9.18 Å². The number of H-pyrrole nitrogens is 1. The monoisotopic (exact) mass is 299 g/mol. The lowest BCUT2D eigenvalue weighted by Crippen LogP contribution is -2.24. The van der Waals surface area contributed by atoms with Crippen LogP contribution in [0.25, 0.3) is 0 Å². The normalized spacial score (nSPS) is 15.0. The molecule has 0 aliphatic heterocycles. The Bertz CT molecular complexity index is 730. The van der Waals surface area contributed by atoms with E-state index in [-0.39, 0.29) is 17.1 Å². The number of hydrogen-bond acceptors (Lipinski definition) is 3. The maximum atomic E-state index is 13.0. The summed E-state index contributed by atoms with van der Waals surface area (Å²) in [5, 5.41) is 11.7. The molecule has 3 N–H and O–H groups in total.